The summed E-state index contributed by atoms with van der Waals surface area (Å²) in [5.74, 6) is -0.891. The van der Waals surface area contributed by atoms with Crippen molar-refractivity contribution in [3.63, 3.8) is 0 Å². The number of hydrogen-bond acceptors (Lipinski definition) is 5. The van der Waals surface area contributed by atoms with E-state index in [4.69, 9.17) is 5.73 Å². The second-order valence-electron chi connectivity index (χ2n) is 10.4. The van der Waals surface area contributed by atoms with Crippen LogP contribution in [0.25, 0.3) is 0 Å². The summed E-state index contributed by atoms with van der Waals surface area (Å²) in [4.78, 5) is 34.2. The highest BCUT2D eigenvalue weighted by Crippen LogP contribution is 2.40. The number of aromatic nitrogens is 1. The first kappa shape index (κ1) is 28.3. The van der Waals surface area contributed by atoms with E-state index in [0.717, 1.165) is 62.9 Å². The Morgan fingerprint density at radius 2 is 1.76 bits per heavy atom. The van der Waals surface area contributed by atoms with Crippen LogP contribution < -0.4 is 11.1 Å². The van der Waals surface area contributed by atoms with Gasteiger partial charge in [0.05, 0.1) is 23.3 Å². The van der Waals surface area contributed by atoms with Gasteiger partial charge in [-0.2, -0.15) is 13.2 Å². The first-order chi connectivity index (χ1) is 17.7. The van der Waals surface area contributed by atoms with Crippen LogP contribution in [0.4, 0.5) is 13.2 Å². The number of nitrogens with one attached hydrogen (secondary N) is 1. The van der Waals surface area contributed by atoms with Crippen molar-refractivity contribution in [1.29, 1.82) is 0 Å². The highest BCUT2D eigenvalue weighted by Gasteiger charge is 2.47. The summed E-state index contributed by atoms with van der Waals surface area (Å²) >= 11 is 0. The van der Waals surface area contributed by atoms with Crippen molar-refractivity contribution in [3.8, 4) is 0 Å². The van der Waals surface area contributed by atoms with Crippen LogP contribution in [0.5, 0.6) is 0 Å². The third-order valence-electron chi connectivity index (χ3n) is 8.28. The van der Waals surface area contributed by atoms with Gasteiger partial charge in [-0.3, -0.25) is 19.5 Å². The summed E-state index contributed by atoms with van der Waals surface area (Å²) in [6.07, 6.45) is 2.71. The number of benzene rings is 1. The zero-order valence-corrected chi connectivity index (χ0v) is 21.8. The van der Waals surface area contributed by atoms with Crippen LogP contribution in [0.3, 0.4) is 0 Å². The Bertz CT molecular complexity index is 1140. The number of hydrogen-bond donors (Lipinski definition) is 2. The first-order valence-corrected chi connectivity index (χ1v) is 12.9. The van der Waals surface area contributed by atoms with E-state index < -0.39 is 23.2 Å². The number of alkyl halides is 3. The van der Waals surface area contributed by atoms with E-state index in [-0.39, 0.29) is 42.5 Å². The average Bonchev–Trinajstić information content (AvgIpc) is 3.50. The van der Waals surface area contributed by atoms with Crippen molar-refractivity contribution in [3.05, 3.63) is 65.5 Å². The van der Waals surface area contributed by atoms with Gasteiger partial charge in [0.2, 0.25) is 5.91 Å². The van der Waals surface area contributed by atoms with Crippen molar-refractivity contribution in [2.45, 2.75) is 68.4 Å². The molecule has 0 spiro atoms. The molecule has 2 aromatic rings. The molecule has 7 nitrogen and oxygen atoms in total. The van der Waals surface area contributed by atoms with E-state index in [0.29, 0.717) is 12.6 Å². The van der Waals surface area contributed by atoms with E-state index in [2.05, 4.69) is 15.2 Å². The molecule has 3 heterocycles. The SMILES string of the molecule is Cl.NC1(c2ccccn2)CCC(N2CCC3C2CCN3C(=O)CNC(=O)c2cccc(C(F)(F)F)c2)CC1. The van der Waals surface area contributed by atoms with Gasteiger partial charge >= 0.3 is 6.18 Å². The maximum Gasteiger partial charge on any atom is 0.416 e. The molecule has 0 radical (unpaired) electrons. The minimum Gasteiger partial charge on any atom is -0.343 e. The Balaban J connectivity index is 0.00000336. The Kier molecular flexibility index (Phi) is 8.34. The van der Waals surface area contributed by atoms with Crippen LogP contribution in [0.2, 0.25) is 0 Å². The van der Waals surface area contributed by atoms with E-state index in [1.807, 2.05) is 23.1 Å². The van der Waals surface area contributed by atoms with Gasteiger partial charge in [0.15, 0.2) is 0 Å². The monoisotopic (exact) mass is 551 g/mol. The zero-order chi connectivity index (χ0) is 26.2. The smallest absolute Gasteiger partial charge is 0.343 e. The van der Waals surface area contributed by atoms with E-state index in [1.54, 1.807) is 6.20 Å². The maximum absolute atomic E-state index is 13.0. The molecule has 1 saturated carbocycles. The minimum absolute atomic E-state index is 0. The molecule has 3 aliphatic rings. The van der Waals surface area contributed by atoms with Crippen molar-refractivity contribution < 1.29 is 22.8 Å². The lowest BCUT2D eigenvalue weighted by molar-refractivity contribution is -0.137. The Morgan fingerprint density at radius 3 is 2.45 bits per heavy atom. The van der Waals surface area contributed by atoms with Crippen LogP contribution in [-0.4, -0.2) is 64.4 Å². The van der Waals surface area contributed by atoms with Gasteiger partial charge in [0.25, 0.3) is 5.91 Å². The quantitative estimate of drug-likeness (QED) is 0.591. The number of carbonyl (C=O) groups excluding carboxylic acids is 2. The van der Waals surface area contributed by atoms with Gasteiger partial charge in [-0.1, -0.05) is 12.1 Å². The Hall–Kier alpha value is -2.69. The van der Waals surface area contributed by atoms with Crippen molar-refractivity contribution in [2.24, 2.45) is 5.73 Å². The molecule has 2 amide bonds. The summed E-state index contributed by atoms with van der Waals surface area (Å²) in [5, 5.41) is 2.50. The summed E-state index contributed by atoms with van der Waals surface area (Å²) in [7, 11) is 0. The molecule has 3 fully saturated rings. The van der Waals surface area contributed by atoms with Gasteiger partial charge in [-0.05, 0) is 68.9 Å². The van der Waals surface area contributed by atoms with Crippen LogP contribution in [0.1, 0.15) is 60.1 Å². The number of nitrogens with zero attached hydrogens (tertiary/aromatic N) is 3. The molecule has 5 rings (SSSR count). The largest absolute Gasteiger partial charge is 0.416 e. The lowest BCUT2D eigenvalue weighted by Crippen LogP contribution is -2.49. The van der Waals surface area contributed by atoms with E-state index in [1.165, 1.54) is 12.1 Å². The summed E-state index contributed by atoms with van der Waals surface area (Å²) in [6.45, 7) is 1.30. The predicted molar refractivity (Wildman–Crippen MR) is 139 cm³/mol. The van der Waals surface area contributed by atoms with Crippen LogP contribution >= 0.6 is 12.4 Å². The number of rotatable bonds is 5. The molecule has 1 aromatic heterocycles. The molecule has 38 heavy (non-hydrogen) atoms. The summed E-state index contributed by atoms with van der Waals surface area (Å²) < 4.78 is 38.9. The molecule has 206 valence electrons. The second-order valence-corrected chi connectivity index (χ2v) is 10.4. The number of pyridine rings is 1. The standard InChI is InChI=1S/C27H32F3N5O2.ClH/c28-27(29,30)19-5-3-4-18(16-19)25(37)33-17-24(36)35-15-10-21-22(35)9-14-34(21)20-7-11-26(31,12-8-20)23-6-1-2-13-32-23;/h1-6,13,16,20-22H,7-12,14-15,17,31H2,(H,33,37);1H. The van der Waals surface area contributed by atoms with Gasteiger partial charge in [-0.15, -0.1) is 12.4 Å². The predicted octanol–water partition coefficient (Wildman–Crippen LogP) is 3.72. The highest BCUT2D eigenvalue weighted by atomic mass is 35.5. The normalized spacial score (nSPS) is 27.5. The number of nitrogens with two attached hydrogens (primary N) is 1. The third-order valence-corrected chi connectivity index (χ3v) is 8.28. The molecule has 2 atom stereocenters. The zero-order valence-electron chi connectivity index (χ0n) is 21.0. The molecule has 2 aliphatic heterocycles. The number of carbonyl (C=O) groups is 2. The summed E-state index contributed by atoms with van der Waals surface area (Å²) in [6, 6.07) is 10.9. The fourth-order valence-electron chi connectivity index (χ4n) is 6.34. The third kappa shape index (κ3) is 5.67. The Morgan fingerprint density at radius 1 is 1.03 bits per heavy atom. The molecule has 2 saturated heterocycles. The van der Waals surface area contributed by atoms with Gasteiger partial charge in [0.1, 0.15) is 0 Å². The molecule has 3 N–H and O–H groups in total. The van der Waals surface area contributed by atoms with E-state index >= 15 is 0 Å². The topological polar surface area (TPSA) is 91.6 Å². The maximum atomic E-state index is 13.0. The fourth-order valence-corrected chi connectivity index (χ4v) is 6.34. The van der Waals surface area contributed by atoms with Crippen molar-refractivity contribution >= 4 is 24.2 Å². The molecular weight excluding hydrogens is 519 g/mol. The average molecular weight is 552 g/mol. The van der Waals surface area contributed by atoms with Crippen molar-refractivity contribution in [2.75, 3.05) is 19.6 Å². The van der Waals surface area contributed by atoms with Crippen LogP contribution in [-0.2, 0) is 16.5 Å². The van der Waals surface area contributed by atoms with Crippen LogP contribution in [0.15, 0.2) is 48.7 Å². The number of fused-ring (bicyclic) bond motifs is 1. The molecule has 2 unspecified atom stereocenters. The van der Waals surface area contributed by atoms with E-state index in [9.17, 15) is 22.8 Å². The molecule has 0 bridgehead atoms. The Labute approximate surface area is 226 Å². The molecule has 1 aromatic carbocycles. The minimum atomic E-state index is -4.53. The number of likely N-dealkylation sites (tertiary alicyclic amines) is 2. The molecule has 11 heteroatoms. The van der Waals surface area contributed by atoms with Gasteiger partial charge in [0, 0.05) is 43.0 Å². The summed E-state index contributed by atoms with van der Waals surface area (Å²) in [5.41, 5.74) is 6.25. The van der Waals surface area contributed by atoms with Crippen LogP contribution in [0, 0.1) is 0 Å². The van der Waals surface area contributed by atoms with Crippen molar-refractivity contribution in [1.82, 2.24) is 20.1 Å². The number of halogens is 4. The first-order valence-electron chi connectivity index (χ1n) is 12.9. The van der Waals surface area contributed by atoms with Gasteiger partial charge in [-0.25, -0.2) is 0 Å². The number of amides is 2. The lowest BCUT2D eigenvalue weighted by atomic mass is 9.77. The molecule has 1 aliphatic carbocycles. The van der Waals surface area contributed by atoms with Gasteiger partial charge < -0.3 is 16.0 Å². The lowest BCUT2D eigenvalue weighted by Gasteiger charge is -2.42. The fraction of sp³-hybridized carbons (Fsp3) is 0.519. The molecular formula is C27H33ClF3N5O2. The second kappa shape index (κ2) is 11.2. The highest BCUT2D eigenvalue weighted by molar-refractivity contribution is 5.96.